The van der Waals surface area contributed by atoms with Crippen molar-refractivity contribution >= 4 is 11.6 Å². The molecule has 0 aliphatic carbocycles. The molecule has 0 radical (unpaired) electrons. The van der Waals surface area contributed by atoms with Crippen molar-refractivity contribution in [2.75, 3.05) is 13.7 Å². The highest BCUT2D eigenvalue weighted by Gasteiger charge is 1.99. The average Bonchev–Trinajstić information content (AvgIpc) is 2.20. The van der Waals surface area contributed by atoms with Gasteiger partial charge in [-0.15, -0.1) is 0 Å². The van der Waals surface area contributed by atoms with Gasteiger partial charge in [0.1, 0.15) is 5.75 Å². The van der Waals surface area contributed by atoms with Crippen LogP contribution in [0.25, 0.3) is 0 Å². The van der Waals surface area contributed by atoms with Crippen LogP contribution in [-0.4, -0.2) is 18.8 Å². The highest BCUT2D eigenvalue weighted by atomic mass is 35.5. The van der Waals surface area contributed by atoms with Gasteiger partial charge in [-0.1, -0.05) is 23.4 Å². The normalized spacial score (nSPS) is 9.07. The maximum atomic E-state index is 8.56. The molecule has 1 N–H and O–H groups in total. The van der Waals surface area contributed by atoms with Crippen LogP contribution in [0.5, 0.6) is 5.75 Å². The molecule has 74 valence electrons. The fraction of sp³-hybridized carbons (Fsp3) is 0.273. The smallest absolute Gasteiger partial charge is 0.135 e. The van der Waals surface area contributed by atoms with Gasteiger partial charge in [-0.3, -0.25) is 0 Å². The molecule has 1 aromatic carbocycles. The third-order valence-electron chi connectivity index (χ3n) is 1.62. The molecule has 0 spiro atoms. The quantitative estimate of drug-likeness (QED) is 0.758. The third kappa shape index (κ3) is 2.95. The molecule has 0 fully saturated rings. The van der Waals surface area contributed by atoms with Crippen molar-refractivity contribution in [1.29, 1.82) is 0 Å². The van der Waals surface area contributed by atoms with Gasteiger partial charge in [-0.05, 0) is 12.1 Å². The Labute approximate surface area is 88.5 Å². The van der Waals surface area contributed by atoms with Crippen molar-refractivity contribution < 1.29 is 9.84 Å². The Morgan fingerprint density at radius 2 is 2.29 bits per heavy atom. The zero-order chi connectivity index (χ0) is 10.4. The Morgan fingerprint density at radius 1 is 1.50 bits per heavy atom. The van der Waals surface area contributed by atoms with E-state index in [1.807, 2.05) is 0 Å². The number of aliphatic hydroxyl groups excluding tert-OH is 1. The molecular formula is C11H11ClO2. The van der Waals surface area contributed by atoms with Crippen molar-refractivity contribution in [3.8, 4) is 17.6 Å². The van der Waals surface area contributed by atoms with Crippen LogP contribution in [0.15, 0.2) is 18.2 Å². The second-order valence-corrected chi connectivity index (χ2v) is 3.06. The molecule has 1 rings (SSSR count). The van der Waals surface area contributed by atoms with Gasteiger partial charge in [0, 0.05) is 17.5 Å². The fourth-order valence-corrected chi connectivity index (χ4v) is 1.14. The molecule has 0 amide bonds. The molecule has 0 saturated heterocycles. The Bertz CT molecular complexity index is 363. The molecule has 14 heavy (non-hydrogen) atoms. The van der Waals surface area contributed by atoms with E-state index in [9.17, 15) is 0 Å². The lowest BCUT2D eigenvalue weighted by Crippen LogP contribution is -1.87. The first kappa shape index (κ1) is 10.9. The van der Waals surface area contributed by atoms with E-state index in [1.165, 1.54) is 0 Å². The first-order valence-corrected chi connectivity index (χ1v) is 4.59. The topological polar surface area (TPSA) is 29.5 Å². The summed E-state index contributed by atoms with van der Waals surface area (Å²) in [5.74, 6) is 6.38. The maximum absolute atomic E-state index is 8.56. The number of benzene rings is 1. The number of hydrogen-bond acceptors (Lipinski definition) is 2. The molecule has 1 aromatic rings. The van der Waals surface area contributed by atoms with Crippen LogP contribution in [-0.2, 0) is 0 Å². The highest BCUT2D eigenvalue weighted by Crippen LogP contribution is 2.21. The number of aliphatic hydroxyl groups is 1. The van der Waals surface area contributed by atoms with E-state index >= 15 is 0 Å². The van der Waals surface area contributed by atoms with Crippen molar-refractivity contribution in [2.45, 2.75) is 6.42 Å². The summed E-state index contributed by atoms with van der Waals surface area (Å²) in [6.45, 7) is 0.0723. The SMILES string of the molecule is COc1cc(Cl)ccc1C#CCCO. The van der Waals surface area contributed by atoms with E-state index in [0.29, 0.717) is 17.2 Å². The van der Waals surface area contributed by atoms with Crippen LogP contribution in [0.3, 0.4) is 0 Å². The molecule has 0 aliphatic rings. The number of rotatable bonds is 2. The molecule has 0 atom stereocenters. The van der Waals surface area contributed by atoms with E-state index in [-0.39, 0.29) is 6.61 Å². The van der Waals surface area contributed by atoms with Crippen molar-refractivity contribution in [2.24, 2.45) is 0 Å². The van der Waals surface area contributed by atoms with E-state index in [2.05, 4.69) is 11.8 Å². The van der Waals surface area contributed by atoms with Crippen LogP contribution < -0.4 is 4.74 Å². The number of hydrogen-bond donors (Lipinski definition) is 1. The fourth-order valence-electron chi connectivity index (χ4n) is 0.982. The summed E-state index contributed by atoms with van der Waals surface area (Å²) in [6.07, 6.45) is 0.464. The van der Waals surface area contributed by atoms with Gasteiger partial charge in [0.25, 0.3) is 0 Å². The highest BCUT2D eigenvalue weighted by molar-refractivity contribution is 6.30. The summed E-state index contributed by atoms with van der Waals surface area (Å²) in [5.41, 5.74) is 0.783. The average molecular weight is 211 g/mol. The van der Waals surface area contributed by atoms with Gasteiger partial charge < -0.3 is 9.84 Å². The minimum atomic E-state index is 0.0723. The van der Waals surface area contributed by atoms with Crippen LogP contribution in [0.4, 0.5) is 0 Å². The van der Waals surface area contributed by atoms with E-state index < -0.39 is 0 Å². The summed E-state index contributed by atoms with van der Waals surface area (Å²) in [4.78, 5) is 0. The Kier molecular flexibility index (Phi) is 4.31. The van der Waals surface area contributed by atoms with Gasteiger partial charge >= 0.3 is 0 Å². The Hall–Kier alpha value is -1.17. The minimum Gasteiger partial charge on any atom is -0.495 e. The van der Waals surface area contributed by atoms with Crippen molar-refractivity contribution in [3.63, 3.8) is 0 Å². The van der Waals surface area contributed by atoms with E-state index in [4.69, 9.17) is 21.4 Å². The largest absolute Gasteiger partial charge is 0.495 e. The summed E-state index contributed by atoms with van der Waals surface area (Å²) < 4.78 is 5.11. The molecule has 0 unspecified atom stereocenters. The van der Waals surface area contributed by atoms with Crippen molar-refractivity contribution in [3.05, 3.63) is 28.8 Å². The standard InChI is InChI=1S/C11H11ClO2/c1-14-11-8-10(12)6-5-9(11)4-2-3-7-13/h5-6,8,13H,3,7H2,1H3. The predicted octanol–water partition coefficient (Wildman–Crippen LogP) is 2.08. The minimum absolute atomic E-state index is 0.0723. The summed E-state index contributed by atoms with van der Waals surface area (Å²) in [6, 6.07) is 5.27. The molecule has 0 heterocycles. The second-order valence-electron chi connectivity index (χ2n) is 2.62. The van der Waals surface area contributed by atoms with Gasteiger partial charge in [0.05, 0.1) is 19.3 Å². The van der Waals surface area contributed by atoms with Gasteiger partial charge in [0.2, 0.25) is 0 Å². The second kappa shape index (κ2) is 5.54. The summed E-state index contributed by atoms with van der Waals surface area (Å²) in [7, 11) is 1.57. The summed E-state index contributed by atoms with van der Waals surface area (Å²) in [5, 5.41) is 9.18. The van der Waals surface area contributed by atoms with Crippen LogP contribution in [0, 0.1) is 11.8 Å². The first-order valence-electron chi connectivity index (χ1n) is 4.21. The van der Waals surface area contributed by atoms with E-state index in [0.717, 1.165) is 5.56 Å². The molecule has 0 aromatic heterocycles. The van der Waals surface area contributed by atoms with Gasteiger partial charge in [-0.25, -0.2) is 0 Å². The molecule has 0 aliphatic heterocycles. The van der Waals surface area contributed by atoms with Crippen LogP contribution in [0.1, 0.15) is 12.0 Å². The zero-order valence-corrected chi connectivity index (χ0v) is 8.64. The van der Waals surface area contributed by atoms with E-state index in [1.54, 1.807) is 25.3 Å². The Morgan fingerprint density at radius 3 is 2.93 bits per heavy atom. The zero-order valence-electron chi connectivity index (χ0n) is 7.88. The Balaban J connectivity index is 2.92. The maximum Gasteiger partial charge on any atom is 0.135 e. The predicted molar refractivity (Wildman–Crippen MR) is 56.6 cm³/mol. The lowest BCUT2D eigenvalue weighted by atomic mass is 10.2. The number of methoxy groups -OCH3 is 1. The van der Waals surface area contributed by atoms with Gasteiger partial charge in [0.15, 0.2) is 0 Å². The summed E-state index contributed by atoms with van der Waals surface area (Å²) >= 11 is 5.79. The number of ether oxygens (including phenoxy) is 1. The molecule has 0 bridgehead atoms. The number of halogens is 1. The monoisotopic (exact) mass is 210 g/mol. The first-order chi connectivity index (χ1) is 6.77. The van der Waals surface area contributed by atoms with Crippen LogP contribution in [0.2, 0.25) is 5.02 Å². The molecular weight excluding hydrogens is 200 g/mol. The molecule has 2 nitrogen and oxygen atoms in total. The van der Waals surface area contributed by atoms with Crippen LogP contribution >= 0.6 is 11.6 Å². The van der Waals surface area contributed by atoms with Gasteiger partial charge in [-0.2, -0.15) is 0 Å². The third-order valence-corrected chi connectivity index (χ3v) is 1.86. The molecule has 0 saturated carbocycles. The lowest BCUT2D eigenvalue weighted by molar-refractivity contribution is 0.305. The van der Waals surface area contributed by atoms with Crippen molar-refractivity contribution in [1.82, 2.24) is 0 Å². The lowest BCUT2D eigenvalue weighted by Gasteiger charge is -2.02. The molecule has 3 heteroatoms.